The fraction of sp³-hybridized carbons (Fsp3) is 0.714. The van der Waals surface area contributed by atoms with E-state index in [9.17, 15) is 8.42 Å². The standard InChI is InChI=1S/C7H14N4O3S/c1-6(4-8)15(12,13)11-3-2-7-9-5-10-14-7/h5-6,11H,2-4,8H2,1H3. The molecule has 3 N–H and O–H groups in total. The monoisotopic (exact) mass is 234 g/mol. The maximum Gasteiger partial charge on any atom is 0.227 e. The van der Waals surface area contributed by atoms with E-state index in [0.29, 0.717) is 12.3 Å². The zero-order valence-corrected chi connectivity index (χ0v) is 9.20. The normalized spacial score (nSPS) is 14.0. The Labute approximate surface area is 88.1 Å². The van der Waals surface area contributed by atoms with Crippen molar-refractivity contribution in [1.29, 1.82) is 0 Å². The molecule has 0 radical (unpaired) electrons. The van der Waals surface area contributed by atoms with Crippen molar-refractivity contribution in [3.05, 3.63) is 12.2 Å². The highest BCUT2D eigenvalue weighted by atomic mass is 32.2. The first-order valence-corrected chi connectivity index (χ1v) is 6.05. The first kappa shape index (κ1) is 12.1. The zero-order chi connectivity index (χ0) is 11.3. The van der Waals surface area contributed by atoms with Crippen molar-refractivity contribution in [2.24, 2.45) is 5.73 Å². The minimum Gasteiger partial charge on any atom is -0.340 e. The molecule has 0 aliphatic carbocycles. The first-order chi connectivity index (χ1) is 7.06. The van der Waals surface area contributed by atoms with Crippen LogP contribution >= 0.6 is 0 Å². The van der Waals surface area contributed by atoms with Crippen LogP contribution in [0.2, 0.25) is 0 Å². The van der Waals surface area contributed by atoms with Gasteiger partial charge in [0.1, 0.15) is 0 Å². The Morgan fingerprint density at radius 2 is 2.40 bits per heavy atom. The first-order valence-electron chi connectivity index (χ1n) is 4.50. The lowest BCUT2D eigenvalue weighted by molar-refractivity contribution is 0.377. The van der Waals surface area contributed by atoms with Crippen LogP contribution in [0.1, 0.15) is 12.8 Å². The summed E-state index contributed by atoms with van der Waals surface area (Å²) in [4.78, 5) is 3.76. The van der Waals surface area contributed by atoms with Gasteiger partial charge in [-0.15, -0.1) is 0 Å². The molecule has 0 saturated heterocycles. The molecule has 0 amide bonds. The molecule has 1 unspecified atom stereocenters. The smallest absolute Gasteiger partial charge is 0.227 e. The van der Waals surface area contributed by atoms with Crippen molar-refractivity contribution in [1.82, 2.24) is 14.9 Å². The largest absolute Gasteiger partial charge is 0.340 e. The van der Waals surface area contributed by atoms with Gasteiger partial charge in [0, 0.05) is 19.5 Å². The molecule has 1 aromatic heterocycles. The molecule has 86 valence electrons. The van der Waals surface area contributed by atoms with E-state index in [1.807, 2.05) is 0 Å². The van der Waals surface area contributed by atoms with Crippen molar-refractivity contribution >= 4 is 10.0 Å². The Kier molecular flexibility index (Phi) is 4.18. The highest BCUT2D eigenvalue weighted by molar-refractivity contribution is 7.90. The van der Waals surface area contributed by atoms with E-state index >= 15 is 0 Å². The number of nitrogens with one attached hydrogen (secondary N) is 1. The number of sulfonamides is 1. The maximum absolute atomic E-state index is 11.4. The number of nitrogens with zero attached hydrogens (tertiary/aromatic N) is 2. The molecule has 0 bridgehead atoms. The van der Waals surface area contributed by atoms with Gasteiger partial charge in [0.05, 0.1) is 5.25 Å². The average Bonchev–Trinajstić information content (AvgIpc) is 2.69. The van der Waals surface area contributed by atoms with E-state index in [4.69, 9.17) is 10.3 Å². The summed E-state index contributed by atoms with van der Waals surface area (Å²) < 4.78 is 30.0. The van der Waals surface area contributed by atoms with Gasteiger partial charge in [-0.2, -0.15) is 4.98 Å². The van der Waals surface area contributed by atoms with Gasteiger partial charge < -0.3 is 10.3 Å². The Morgan fingerprint density at radius 3 is 2.93 bits per heavy atom. The topological polar surface area (TPSA) is 111 Å². The van der Waals surface area contributed by atoms with Gasteiger partial charge in [0.2, 0.25) is 15.9 Å². The van der Waals surface area contributed by atoms with Crippen LogP contribution in [0.5, 0.6) is 0 Å². The molecule has 15 heavy (non-hydrogen) atoms. The SMILES string of the molecule is CC(CN)S(=O)(=O)NCCc1ncno1. The second-order valence-corrected chi connectivity index (χ2v) is 5.25. The molecule has 0 aliphatic heterocycles. The predicted molar refractivity (Wildman–Crippen MR) is 53.4 cm³/mol. The van der Waals surface area contributed by atoms with Crippen LogP contribution in [-0.2, 0) is 16.4 Å². The minimum absolute atomic E-state index is 0.0931. The lowest BCUT2D eigenvalue weighted by Crippen LogP contribution is -2.37. The van der Waals surface area contributed by atoms with Crippen LogP contribution in [0.15, 0.2) is 10.9 Å². The maximum atomic E-state index is 11.4. The van der Waals surface area contributed by atoms with E-state index < -0.39 is 15.3 Å². The molecular weight excluding hydrogens is 220 g/mol. The molecule has 0 spiro atoms. The molecule has 0 aromatic carbocycles. The van der Waals surface area contributed by atoms with E-state index in [1.54, 1.807) is 6.92 Å². The Morgan fingerprint density at radius 1 is 1.67 bits per heavy atom. The highest BCUT2D eigenvalue weighted by Gasteiger charge is 2.18. The summed E-state index contributed by atoms with van der Waals surface area (Å²) in [5, 5.41) is 2.81. The molecule has 0 aliphatic rings. The van der Waals surface area contributed by atoms with Crippen LogP contribution in [-0.4, -0.2) is 36.9 Å². The molecule has 1 atom stereocenters. The van der Waals surface area contributed by atoms with Crippen LogP contribution in [0.25, 0.3) is 0 Å². The van der Waals surface area contributed by atoms with Gasteiger partial charge in [-0.1, -0.05) is 5.16 Å². The van der Waals surface area contributed by atoms with Crippen molar-refractivity contribution in [2.45, 2.75) is 18.6 Å². The number of hydrogen-bond donors (Lipinski definition) is 2. The van der Waals surface area contributed by atoms with Crippen molar-refractivity contribution in [3.63, 3.8) is 0 Å². The lowest BCUT2D eigenvalue weighted by Gasteiger charge is -2.10. The molecule has 0 fully saturated rings. The second kappa shape index (κ2) is 5.19. The van der Waals surface area contributed by atoms with Gasteiger partial charge in [0.25, 0.3) is 0 Å². The van der Waals surface area contributed by atoms with E-state index in [-0.39, 0.29) is 13.1 Å². The molecule has 1 heterocycles. The number of aromatic nitrogens is 2. The van der Waals surface area contributed by atoms with Gasteiger partial charge in [-0.05, 0) is 6.92 Å². The van der Waals surface area contributed by atoms with Crippen molar-refractivity contribution in [3.8, 4) is 0 Å². The highest BCUT2D eigenvalue weighted by Crippen LogP contribution is 1.97. The van der Waals surface area contributed by atoms with E-state index in [2.05, 4.69) is 14.9 Å². The Hall–Kier alpha value is -0.990. The van der Waals surface area contributed by atoms with Crippen LogP contribution in [0, 0.1) is 0 Å². The molecule has 0 saturated carbocycles. The van der Waals surface area contributed by atoms with Crippen LogP contribution < -0.4 is 10.5 Å². The zero-order valence-electron chi connectivity index (χ0n) is 8.38. The number of nitrogens with two attached hydrogens (primary N) is 1. The van der Waals surface area contributed by atoms with Gasteiger partial charge in [-0.25, -0.2) is 13.1 Å². The average molecular weight is 234 g/mol. The molecule has 8 heteroatoms. The van der Waals surface area contributed by atoms with Gasteiger partial charge >= 0.3 is 0 Å². The molecular formula is C7H14N4O3S. The van der Waals surface area contributed by atoms with Gasteiger partial charge in [0.15, 0.2) is 6.33 Å². The summed E-state index contributed by atoms with van der Waals surface area (Å²) in [5.74, 6) is 0.401. The summed E-state index contributed by atoms with van der Waals surface area (Å²) in [7, 11) is -3.33. The predicted octanol–water partition coefficient (Wildman–Crippen LogP) is -1.12. The van der Waals surface area contributed by atoms with Gasteiger partial charge in [-0.3, -0.25) is 0 Å². The summed E-state index contributed by atoms with van der Waals surface area (Å²) in [6.45, 7) is 1.87. The summed E-state index contributed by atoms with van der Waals surface area (Å²) in [5.41, 5.74) is 5.26. The fourth-order valence-corrected chi connectivity index (χ4v) is 1.80. The second-order valence-electron chi connectivity index (χ2n) is 3.07. The van der Waals surface area contributed by atoms with Crippen molar-refractivity contribution in [2.75, 3.05) is 13.1 Å². The van der Waals surface area contributed by atoms with Crippen LogP contribution in [0.3, 0.4) is 0 Å². The molecule has 1 rings (SSSR count). The third kappa shape index (κ3) is 3.57. The Balaban J connectivity index is 2.37. The minimum atomic E-state index is -3.33. The van der Waals surface area contributed by atoms with Crippen LogP contribution in [0.4, 0.5) is 0 Å². The summed E-state index contributed by atoms with van der Waals surface area (Å²) in [6.07, 6.45) is 1.64. The lowest BCUT2D eigenvalue weighted by atomic mass is 10.4. The molecule has 1 aromatic rings. The number of rotatable bonds is 6. The molecule has 7 nitrogen and oxygen atoms in total. The van der Waals surface area contributed by atoms with Crippen molar-refractivity contribution < 1.29 is 12.9 Å². The third-order valence-electron chi connectivity index (χ3n) is 1.91. The fourth-order valence-electron chi connectivity index (χ4n) is 0.875. The Bertz CT molecular complexity index is 375. The van der Waals surface area contributed by atoms with E-state index in [0.717, 1.165) is 0 Å². The summed E-state index contributed by atoms with van der Waals surface area (Å²) >= 11 is 0. The van der Waals surface area contributed by atoms with E-state index in [1.165, 1.54) is 6.33 Å². The number of hydrogen-bond acceptors (Lipinski definition) is 6. The third-order valence-corrected chi connectivity index (χ3v) is 3.77. The summed E-state index contributed by atoms with van der Waals surface area (Å²) in [6, 6.07) is 0. The quantitative estimate of drug-likeness (QED) is 0.645.